The monoisotopic (exact) mass is 483 g/mol. The molecule has 2 aromatic carbocycles. The van der Waals surface area contributed by atoms with Crippen LogP contribution in [0.3, 0.4) is 0 Å². The van der Waals surface area contributed by atoms with E-state index >= 15 is 0 Å². The SMILES string of the molecule is O=C(NCC(c1ccccc1)N1CCCC1)c1cnn2c1NC(c1ccccc1)CC2C(F)(F)F. The van der Waals surface area contributed by atoms with Gasteiger partial charge in [-0.1, -0.05) is 60.7 Å². The predicted octanol–water partition coefficient (Wildman–Crippen LogP) is 5.11. The van der Waals surface area contributed by atoms with Crippen LogP contribution in [0.4, 0.5) is 19.0 Å². The lowest BCUT2D eigenvalue weighted by atomic mass is 9.96. The average molecular weight is 484 g/mol. The highest BCUT2D eigenvalue weighted by molar-refractivity contribution is 5.99. The van der Waals surface area contributed by atoms with E-state index in [1.807, 2.05) is 36.4 Å². The lowest BCUT2D eigenvalue weighted by Crippen LogP contribution is -2.38. The summed E-state index contributed by atoms with van der Waals surface area (Å²) in [5, 5.41) is 10.1. The van der Waals surface area contributed by atoms with Gasteiger partial charge in [0, 0.05) is 13.0 Å². The van der Waals surface area contributed by atoms with Gasteiger partial charge in [0.15, 0.2) is 6.04 Å². The average Bonchev–Trinajstić information content (AvgIpc) is 3.54. The van der Waals surface area contributed by atoms with Crippen LogP contribution in [0.5, 0.6) is 0 Å². The van der Waals surface area contributed by atoms with Crippen molar-refractivity contribution in [3.63, 3.8) is 0 Å². The van der Waals surface area contributed by atoms with Crippen molar-refractivity contribution in [1.29, 1.82) is 0 Å². The van der Waals surface area contributed by atoms with Crippen molar-refractivity contribution in [3.8, 4) is 0 Å². The molecular formula is C26H28F3N5O. The van der Waals surface area contributed by atoms with Gasteiger partial charge < -0.3 is 10.6 Å². The number of benzene rings is 2. The van der Waals surface area contributed by atoms with E-state index in [-0.39, 0.29) is 23.8 Å². The highest BCUT2D eigenvalue weighted by Crippen LogP contribution is 2.44. The van der Waals surface area contributed by atoms with Gasteiger partial charge in [-0.15, -0.1) is 0 Å². The number of fused-ring (bicyclic) bond motifs is 1. The number of carbonyl (C=O) groups excluding carboxylic acids is 1. The minimum atomic E-state index is -4.49. The Balaban J connectivity index is 1.39. The number of hydrogen-bond acceptors (Lipinski definition) is 4. The van der Waals surface area contributed by atoms with Gasteiger partial charge in [-0.2, -0.15) is 18.3 Å². The summed E-state index contributed by atoms with van der Waals surface area (Å²) < 4.78 is 42.7. The molecular weight excluding hydrogens is 455 g/mol. The Morgan fingerprint density at radius 1 is 1.06 bits per heavy atom. The molecule has 2 aliphatic heterocycles. The summed E-state index contributed by atoms with van der Waals surface area (Å²) in [5.41, 5.74) is 1.96. The van der Waals surface area contributed by atoms with Gasteiger partial charge >= 0.3 is 6.18 Å². The van der Waals surface area contributed by atoms with Crippen molar-refractivity contribution in [2.75, 3.05) is 25.0 Å². The summed E-state index contributed by atoms with van der Waals surface area (Å²) in [6.45, 7) is 2.26. The highest BCUT2D eigenvalue weighted by atomic mass is 19.4. The maximum Gasteiger partial charge on any atom is 0.410 e. The fraction of sp³-hybridized carbons (Fsp3) is 0.385. The van der Waals surface area contributed by atoms with Crippen molar-refractivity contribution in [2.24, 2.45) is 0 Å². The van der Waals surface area contributed by atoms with Crippen LogP contribution in [-0.4, -0.2) is 46.4 Å². The number of rotatable bonds is 6. The van der Waals surface area contributed by atoms with Crippen LogP contribution in [0, 0.1) is 0 Å². The number of nitrogens with zero attached hydrogens (tertiary/aromatic N) is 3. The van der Waals surface area contributed by atoms with E-state index in [0.717, 1.165) is 41.7 Å². The number of alkyl halides is 3. The zero-order valence-corrected chi connectivity index (χ0v) is 19.2. The molecule has 0 aliphatic carbocycles. The third kappa shape index (κ3) is 4.91. The molecule has 5 rings (SSSR count). The second-order valence-corrected chi connectivity index (χ2v) is 9.13. The molecule has 2 N–H and O–H groups in total. The second kappa shape index (κ2) is 9.73. The summed E-state index contributed by atoms with van der Waals surface area (Å²) in [4.78, 5) is 15.6. The van der Waals surface area contributed by atoms with Crippen LogP contribution in [0.2, 0.25) is 0 Å². The Hall–Kier alpha value is -3.33. The molecule has 1 amide bonds. The zero-order chi connectivity index (χ0) is 24.4. The van der Waals surface area contributed by atoms with E-state index in [1.165, 1.54) is 6.20 Å². The molecule has 35 heavy (non-hydrogen) atoms. The zero-order valence-electron chi connectivity index (χ0n) is 19.2. The molecule has 2 aliphatic rings. The number of carbonyl (C=O) groups is 1. The predicted molar refractivity (Wildman–Crippen MR) is 127 cm³/mol. The third-order valence-electron chi connectivity index (χ3n) is 6.91. The van der Waals surface area contributed by atoms with Crippen molar-refractivity contribution < 1.29 is 18.0 Å². The van der Waals surface area contributed by atoms with E-state index in [0.29, 0.717) is 6.54 Å². The van der Waals surface area contributed by atoms with Gasteiger partial charge in [-0.05, 0) is 37.1 Å². The van der Waals surface area contributed by atoms with E-state index in [2.05, 4.69) is 20.6 Å². The van der Waals surface area contributed by atoms with Crippen molar-refractivity contribution in [3.05, 3.63) is 83.6 Å². The van der Waals surface area contributed by atoms with E-state index in [9.17, 15) is 18.0 Å². The highest BCUT2D eigenvalue weighted by Gasteiger charge is 2.47. The van der Waals surface area contributed by atoms with Crippen LogP contribution >= 0.6 is 0 Å². The van der Waals surface area contributed by atoms with E-state index in [1.54, 1.807) is 24.3 Å². The number of anilines is 1. The number of halogens is 3. The standard InChI is InChI=1S/C26H28F3N5O/c27-26(28,29)23-15-21(18-9-3-1-4-10-18)32-24-20(16-31-34(23)24)25(35)30-17-22(33-13-7-8-14-33)19-11-5-2-6-12-19/h1-6,9-12,16,21-23,32H,7-8,13-15,17H2,(H,30,35). The van der Waals surface area contributed by atoms with Crippen molar-refractivity contribution in [1.82, 2.24) is 20.0 Å². The molecule has 0 saturated carbocycles. The van der Waals surface area contributed by atoms with Gasteiger partial charge in [0.1, 0.15) is 11.4 Å². The molecule has 1 aromatic heterocycles. The first-order valence-electron chi connectivity index (χ1n) is 11.9. The van der Waals surface area contributed by atoms with Crippen LogP contribution in [-0.2, 0) is 0 Å². The molecule has 0 spiro atoms. The summed E-state index contributed by atoms with van der Waals surface area (Å²) in [6, 6.07) is 16.6. The minimum Gasteiger partial charge on any atom is -0.363 e. The van der Waals surface area contributed by atoms with Crippen molar-refractivity contribution >= 4 is 11.7 Å². The number of amides is 1. The summed E-state index contributed by atoms with van der Waals surface area (Å²) in [7, 11) is 0. The van der Waals surface area contributed by atoms with Crippen LogP contribution in [0.25, 0.3) is 0 Å². The second-order valence-electron chi connectivity index (χ2n) is 9.13. The maximum absolute atomic E-state index is 13.9. The molecule has 6 nitrogen and oxygen atoms in total. The van der Waals surface area contributed by atoms with Crippen LogP contribution < -0.4 is 10.6 Å². The lowest BCUT2D eigenvalue weighted by molar-refractivity contribution is -0.173. The lowest BCUT2D eigenvalue weighted by Gasteiger charge is -2.34. The normalized spacial score (nSPS) is 21.2. The van der Waals surface area contributed by atoms with Gasteiger partial charge in [-0.25, -0.2) is 4.68 Å². The Morgan fingerprint density at radius 3 is 2.37 bits per heavy atom. The first-order chi connectivity index (χ1) is 16.9. The summed E-state index contributed by atoms with van der Waals surface area (Å²) in [6.07, 6.45) is -1.24. The van der Waals surface area contributed by atoms with Gasteiger partial charge in [-0.3, -0.25) is 9.69 Å². The van der Waals surface area contributed by atoms with Gasteiger partial charge in [0.05, 0.1) is 18.3 Å². The summed E-state index contributed by atoms with van der Waals surface area (Å²) in [5.74, 6) is -0.337. The molecule has 0 bridgehead atoms. The van der Waals surface area contributed by atoms with Gasteiger partial charge in [0.25, 0.3) is 5.91 Å². The van der Waals surface area contributed by atoms with E-state index in [4.69, 9.17) is 0 Å². The summed E-state index contributed by atoms with van der Waals surface area (Å²) >= 11 is 0. The van der Waals surface area contributed by atoms with Crippen LogP contribution in [0.1, 0.15) is 58.9 Å². The first kappa shape index (κ1) is 23.4. The first-order valence-corrected chi connectivity index (χ1v) is 11.9. The van der Waals surface area contributed by atoms with E-state index < -0.39 is 24.2 Å². The Bertz CT molecular complexity index is 1140. The fourth-order valence-electron chi connectivity index (χ4n) is 5.10. The number of hydrogen-bond donors (Lipinski definition) is 2. The molecule has 3 atom stereocenters. The topological polar surface area (TPSA) is 62.2 Å². The Morgan fingerprint density at radius 2 is 1.71 bits per heavy atom. The molecule has 184 valence electrons. The largest absolute Gasteiger partial charge is 0.410 e. The quantitative estimate of drug-likeness (QED) is 0.512. The molecule has 1 saturated heterocycles. The van der Waals surface area contributed by atoms with Crippen LogP contribution in [0.15, 0.2) is 66.9 Å². The minimum absolute atomic E-state index is 0.00185. The molecule has 9 heteroatoms. The Kier molecular flexibility index (Phi) is 6.51. The number of likely N-dealkylation sites (tertiary alicyclic amines) is 1. The van der Waals surface area contributed by atoms with Crippen molar-refractivity contribution in [2.45, 2.75) is 43.6 Å². The van der Waals surface area contributed by atoms with Gasteiger partial charge in [0.2, 0.25) is 0 Å². The number of aromatic nitrogens is 2. The molecule has 3 unspecified atom stereocenters. The third-order valence-corrected chi connectivity index (χ3v) is 6.91. The molecule has 0 radical (unpaired) electrons. The maximum atomic E-state index is 13.9. The number of nitrogens with one attached hydrogen (secondary N) is 2. The molecule has 3 aromatic rings. The smallest absolute Gasteiger partial charge is 0.363 e. The molecule has 3 heterocycles. The Labute approximate surface area is 202 Å². The fourth-order valence-corrected chi connectivity index (χ4v) is 5.10. The molecule has 1 fully saturated rings.